The van der Waals surface area contributed by atoms with Gasteiger partial charge in [0.05, 0.1) is 6.54 Å². The summed E-state index contributed by atoms with van der Waals surface area (Å²) in [5, 5.41) is 2.71. The number of halogens is 1. The van der Waals surface area contributed by atoms with Gasteiger partial charge in [-0.2, -0.15) is 0 Å². The van der Waals surface area contributed by atoms with Gasteiger partial charge >= 0.3 is 0 Å². The van der Waals surface area contributed by atoms with Crippen LogP contribution in [0.2, 0.25) is 0 Å². The zero-order chi connectivity index (χ0) is 12.8. The topological polar surface area (TPSA) is 73.6 Å². The van der Waals surface area contributed by atoms with Crippen LogP contribution in [0, 0.1) is 3.57 Å². The molecule has 17 heavy (non-hydrogen) atoms. The fraction of sp³-hybridized carbons (Fsp3) is 0.364. The number of rotatable bonds is 5. The molecule has 0 atom stereocenters. The van der Waals surface area contributed by atoms with Crippen molar-refractivity contribution in [2.24, 2.45) is 0 Å². The van der Waals surface area contributed by atoms with Crippen molar-refractivity contribution in [2.75, 3.05) is 26.5 Å². The maximum absolute atomic E-state index is 11.8. The molecule has 0 saturated carbocycles. The Morgan fingerprint density at radius 3 is 2.65 bits per heavy atom. The average molecular weight is 350 g/mol. The van der Waals surface area contributed by atoms with Gasteiger partial charge in [-0.15, -0.1) is 0 Å². The third-order valence-corrected chi connectivity index (χ3v) is 3.15. The lowest BCUT2D eigenvalue weighted by Gasteiger charge is -2.14. The molecule has 1 aromatic carbocycles. The van der Waals surface area contributed by atoms with Crippen LogP contribution in [-0.4, -0.2) is 33.0 Å². The first-order chi connectivity index (χ1) is 8.08. The standard InChI is InChI=1S/C11H15IN2O3/c1-16-10(17-2)6-14-11(15)7-3-4-9(13)8(12)5-7/h3-5,10H,6,13H2,1-2H3,(H,14,15). The average Bonchev–Trinajstić information content (AvgIpc) is 2.33. The van der Waals surface area contributed by atoms with E-state index in [1.165, 1.54) is 14.2 Å². The lowest BCUT2D eigenvalue weighted by atomic mass is 10.2. The van der Waals surface area contributed by atoms with Crippen LogP contribution in [0.25, 0.3) is 0 Å². The van der Waals surface area contributed by atoms with Crippen LogP contribution in [0.4, 0.5) is 5.69 Å². The van der Waals surface area contributed by atoms with Gasteiger partial charge in [-0.3, -0.25) is 4.79 Å². The number of ether oxygens (including phenoxy) is 2. The molecule has 0 bridgehead atoms. The number of amides is 1. The van der Waals surface area contributed by atoms with Crippen LogP contribution >= 0.6 is 22.6 Å². The second-order valence-electron chi connectivity index (χ2n) is 3.35. The molecule has 0 saturated heterocycles. The monoisotopic (exact) mass is 350 g/mol. The van der Waals surface area contributed by atoms with Crippen molar-refractivity contribution in [3.05, 3.63) is 27.3 Å². The molecule has 0 aliphatic heterocycles. The van der Waals surface area contributed by atoms with Gasteiger partial charge in [0.25, 0.3) is 5.91 Å². The number of hydrogen-bond donors (Lipinski definition) is 2. The summed E-state index contributed by atoms with van der Waals surface area (Å²) in [4.78, 5) is 11.8. The fourth-order valence-electron chi connectivity index (χ4n) is 1.21. The number of benzene rings is 1. The molecule has 0 radical (unpaired) electrons. The van der Waals surface area contributed by atoms with Crippen molar-refractivity contribution in [1.82, 2.24) is 5.32 Å². The molecule has 0 aliphatic rings. The summed E-state index contributed by atoms with van der Waals surface area (Å²) >= 11 is 2.09. The summed E-state index contributed by atoms with van der Waals surface area (Å²) in [7, 11) is 3.04. The highest BCUT2D eigenvalue weighted by molar-refractivity contribution is 14.1. The molecule has 6 heteroatoms. The van der Waals surface area contributed by atoms with Crippen molar-refractivity contribution < 1.29 is 14.3 Å². The van der Waals surface area contributed by atoms with Gasteiger partial charge in [0, 0.05) is 29.0 Å². The lowest BCUT2D eigenvalue weighted by Crippen LogP contribution is -2.34. The van der Waals surface area contributed by atoms with Crippen LogP contribution in [-0.2, 0) is 9.47 Å². The summed E-state index contributed by atoms with van der Waals surface area (Å²) in [6.45, 7) is 0.298. The van der Waals surface area contributed by atoms with Crippen LogP contribution in [0.15, 0.2) is 18.2 Å². The normalized spacial score (nSPS) is 10.6. The zero-order valence-corrected chi connectivity index (χ0v) is 11.9. The largest absolute Gasteiger partial charge is 0.398 e. The number of methoxy groups -OCH3 is 2. The van der Waals surface area contributed by atoms with Crippen molar-refractivity contribution in [3.63, 3.8) is 0 Å². The number of carbonyl (C=O) groups excluding carboxylic acids is 1. The molecule has 94 valence electrons. The molecule has 1 aromatic rings. The molecule has 5 nitrogen and oxygen atoms in total. The van der Waals surface area contributed by atoms with Gasteiger partial charge in [0.1, 0.15) is 0 Å². The highest BCUT2D eigenvalue weighted by Gasteiger charge is 2.10. The maximum atomic E-state index is 11.8. The van der Waals surface area contributed by atoms with Gasteiger partial charge in [-0.05, 0) is 40.8 Å². The van der Waals surface area contributed by atoms with E-state index >= 15 is 0 Å². The van der Waals surface area contributed by atoms with E-state index in [2.05, 4.69) is 27.9 Å². The second-order valence-corrected chi connectivity index (χ2v) is 4.51. The van der Waals surface area contributed by atoms with Gasteiger partial charge in [0.2, 0.25) is 0 Å². The Kier molecular flexibility index (Phi) is 5.66. The first-order valence-electron chi connectivity index (χ1n) is 4.97. The Morgan fingerprint density at radius 1 is 1.47 bits per heavy atom. The molecule has 0 aliphatic carbocycles. The first kappa shape index (κ1) is 14.2. The molecule has 3 N–H and O–H groups in total. The van der Waals surface area contributed by atoms with Crippen molar-refractivity contribution in [2.45, 2.75) is 6.29 Å². The Hall–Kier alpha value is -0.860. The smallest absolute Gasteiger partial charge is 0.251 e. The predicted octanol–water partition coefficient (Wildman–Crippen LogP) is 1.22. The molecular weight excluding hydrogens is 335 g/mol. The minimum Gasteiger partial charge on any atom is -0.398 e. The van der Waals surface area contributed by atoms with E-state index in [1.54, 1.807) is 18.2 Å². The van der Waals surface area contributed by atoms with Gasteiger partial charge in [-0.25, -0.2) is 0 Å². The first-order valence-corrected chi connectivity index (χ1v) is 6.05. The van der Waals surface area contributed by atoms with E-state index in [9.17, 15) is 4.79 Å². The summed E-state index contributed by atoms with van der Waals surface area (Å²) in [5.74, 6) is -0.179. The number of nitrogens with one attached hydrogen (secondary N) is 1. The van der Waals surface area contributed by atoms with E-state index in [4.69, 9.17) is 15.2 Å². The second kappa shape index (κ2) is 6.77. The highest BCUT2D eigenvalue weighted by Crippen LogP contribution is 2.16. The van der Waals surface area contributed by atoms with Crippen molar-refractivity contribution in [1.29, 1.82) is 0 Å². The minimum absolute atomic E-state index is 0.179. The number of hydrogen-bond acceptors (Lipinski definition) is 4. The molecule has 0 aromatic heterocycles. The van der Waals surface area contributed by atoms with Crippen molar-refractivity contribution in [3.8, 4) is 0 Å². The minimum atomic E-state index is -0.438. The third-order valence-electron chi connectivity index (χ3n) is 2.22. The van der Waals surface area contributed by atoms with E-state index < -0.39 is 6.29 Å². The summed E-state index contributed by atoms with van der Waals surface area (Å²) in [6.07, 6.45) is -0.438. The quantitative estimate of drug-likeness (QED) is 0.476. The molecule has 1 amide bonds. The van der Waals surface area contributed by atoms with Crippen LogP contribution in [0.5, 0.6) is 0 Å². The van der Waals surface area contributed by atoms with Gasteiger partial charge in [0.15, 0.2) is 6.29 Å². The Labute approximate surface area is 114 Å². The number of nitrogen functional groups attached to an aromatic ring is 1. The summed E-state index contributed by atoms with van der Waals surface area (Å²) in [6, 6.07) is 5.13. The van der Waals surface area contributed by atoms with E-state index in [0.717, 1.165) is 3.57 Å². The molecule has 0 heterocycles. The van der Waals surface area contributed by atoms with Crippen LogP contribution in [0.1, 0.15) is 10.4 Å². The number of carbonyl (C=O) groups is 1. The predicted molar refractivity (Wildman–Crippen MR) is 73.7 cm³/mol. The highest BCUT2D eigenvalue weighted by atomic mass is 127. The molecular formula is C11H15IN2O3. The van der Waals surface area contributed by atoms with Gasteiger partial charge in [-0.1, -0.05) is 0 Å². The summed E-state index contributed by atoms with van der Waals surface area (Å²) < 4.78 is 10.8. The van der Waals surface area contributed by atoms with E-state index in [0.29, 0.717) is 17.8 Å². The van der Waals surface area contributed by atoms with Crippen LogP contribution in [0.3, 0.4) is 0 Å². The maximum Gasteiger partial charge on any atom is 0.251 e. The van der Waals surface area contributed by atoms with E-state index in [1.807, 2.05) is 0 Å². The Morgan fingerprint density at radius 2 is 2.12 bits per heavy atom. The number of anilines is 1. The Balaban J connectivity index is 2.61. The fourth-order valence-corrected chi connectivity index (χ4v) is 1.72. The molecule has 0 fully saturated rings. The van der Waals surface area contributed by atoms with Crippen molar-refractivity contribution >= 4 is 34.2 Å². The zero-order valence-electron chi connectivity index (χ0n) is 9.70. The molecule has 1 rings (SSSR count). The molecule has 0 spiro atoms. The third kappa shape index (κ3) is 4.14. The van der Waals surface area contributed by atoms with Gasteiger partial charge < -0.3 is 20.5 Å². The Bertz CT molecular complexity index is 394. The summed E-state index contributed by atoms with van der Waals surface area (Å²) in [5.41, 5.74) is 6.90. The van der Waals surface area contributed by atoms with Crippen LogP contribution < -0.4 is 11.1 Å². The lowest BCUT2D eigenvalue weighted by molar-refractivity contribution is -0.0974. The number of nitrogens with two attached hydrogens (primary N) is 1. The van der Waals surface area contributed by atoms with E-state index in [-0.39, 0.29) is 5.91 Å². The molecule has 0 unspecified atom stereocenters. The SMILES string of the molecule is COC(CNC(=O)c1ccc(N)c(I)c1)OC.